The van der Waals surface area contributed by atoms with Gasteiger partial charge in [-0.1, -0.05) is 6.92 Å². The van der Waals surface area contributed by atoms with Crippen LogP contribution in [0.4, 0.5) is 5.82 Å². The van der Waals surface area contributed by atoms with Crippen LogP contribution < -0.4 is 10.6 Å². The Hall–Kier alpha value is -2.21. The number of nitrogens with one attached hydrogen (secondary N) is 2. The molecule has 3 rings (SSSR count). The average molecular weight is 341 g/mol. The summed E-state index contributed by atoms with van der Waals surface area (Å²) in [6.07, 6.45) is 9.29. The van der Waals surface area contributed by atoms with Crippen molar-refractivity contribution in [2.45, 2.75) is 39.2 Å². The highest BCUT2D eigenvalue weighted by molar-refractivity contribution is 5.89. The molecule has 6 nitrogen and oxygen atoms in total. The normalized spacial score (nSPS) is 16.5. The fourth-order valence-electron chi connectivity index (χ4n) is 3.41. The molecule has 3 heterocycles. The number of pyridine rings is 1. The molecular weight excluding hydrogens is 314 g/mol. The number of anilines is 1. The molecule has 0 bridgehead atoms. The van der Waals surface area contributed by atoms with Gasteiger partial charge in [0.05, 0.1) is 0 Å². The first kappa shape index (κ1) is 17.6. The van der Waals surface area contributed by atoms with Crippen molar-refractivity contribution in [3.05, 3.63) is 42.4 Å². The maximum absolute atomic E-state index is 12.3. The highest BCUT2D eigenvalue weighted by Crippen LogP contribution is 2.24. The van der Waals surface area contributed by atoms with E-state index in [9.17, 15) is 4.79 Å². The third-order valence-electron chi connectivity index (χ3n) is 4.98. The largest absolute Gasteiger partial charge is 0.317 e. The molecule has 2 aromatic heterocycles. The molecule has 1 saturated heterocycles. The molecule has 1 atom stereocenters. The van der Waals surface area contributed by atoms with Crippen LogP contribution in [0.2, 0.25) is 0 Å². The fourth-order valence-corrected chi connectivity index (χ4v) is 3.41. The molecule has 6 heteroatoms. The number of aromatic nitrogens is 3. The molecular formula is C19H27N5O. The van der Waals surface area contributed by atoms with Gasteiger partial charge in [-0.2, -0.15) is 5.10 Å². The lowest BCUT2D eigenvalue weighted by molar-refractivity contribution is -0.117. The van der Waals surface area contributed by atoms with Crippen LogP contribution in [0.25, 0.3) is 0 Å². The Morgan fingerprint density at radius 1 is 1.32 bits per heavy atom. The Morgan fingerprint density at radius 3 is 2.84 bits per heavy atom. The van der Waals surface area contributed by atoms with E-state index in [1.54, 1.807) is 12.4 Å². The second-order valence-corrected chi connectivity index (χ2v) is 6.89. The number of carbonyl (C=O) groups is 1. The number of hydrogen-bond acceptors (Lipinski definition) is 4. The lowest BCUT2D eigenvalue weighted by Crippen LogP contribution is -2.32. The topological polar surface area (TPSA) is 71.8 Å². The highest BCUT2D eigenvalue weighted by Gasteiger charge is 2.22. The molecule has 0 aromatic carbocycles. The molecule has 1 amide bonds. The first-order chi connectivity index (χ1) is 12.2. The van der Waals surface area contributed by atoms with Crippen molar-refractivity contribution in [1.82, 2.24) is 20.1 Å². The van der Waals surface area contributed by atoms with Gasteiger partial charge in [-0.25, -0.2) is 0 Å². The van der Waals surface area contributed by atoms with E-state index in [0.29, 0.717) is 24.1 Å². The Balaban J connectivity index is 1.44. The van der Waals surface area contributed by atoms with Gasteiger partial charge in [-0.05, 0) is 61.9 Å². The zero-order chi connectivity index (χ0) is 17.5. The van der Waals surface area contributed by atoms with Gasteiger partial charge in [0, 0.05) is 37.6 Å². The van der Waals surface area contributed by atoms with Crippen LogP contribution >= 0.6 is 0 Å². The SMILES string of the molecule is CC(CC(=O)Nc1ccn(CCc2ccncc2)n1)C1CCNCC1. The molecule has 25 heavy (non-hydrogen) atoms. The standard InChI is InChI=1S/C19H27N5O/c1-15(17-4-10-21-11-5-17)14-19(25)22-18-7-13-24(23-18)12-6-16-2-8-20-9-3-16/h2-3,7-9,13,15,17,21H,4-6,10-12,14H2,1H3,(H,22,23,25). The maximum atomic E-state index is 12.3. The number of carbonyl (C=O) groups excluding carboxylic acids is 1. The molecule has 0 saturated carbocycles. The summed E-state index contributed by atoms with van der Waals surface area (Å²) in [7, 11) is 0. The number of aryl methyl sites for hydroxylation is 2. The highest BCUT2D eigenvalue weighted by atomic mass is 16.1. The van der Waals surface area contributed by atoms with Crippen LogP contribution in [0.1, 0.15) is 31.7 Å². The first-order valence-corrected chi connectivity index (χ1v) is 9.13. The summed E-state index contributed by atoms with van der Waals surface area (Å²) in [4.78, 5) is 16.3. The molecule has 1 aliphatic rings. The van der Waals surface area contributed by atoms with Gasteiger partial charge in [0.15, 0.2) is 5.82 Å². The van der Waals surface area contributed by atoms with Crippen molar-refractivity contribution in [3.8, 4) is 0 Å². The Labute approximate surface area is 149 Å². The molecule has 0 aliphatic carbocycles. The lowest BCUT2D eigenvalue weighted by Gasteiger charge is -2.27. The predicted molar refractivity (Wildman–Crippen MR) is 98.2 cm³/mol. The minimum Gasteiger partial charge on any atom is -0.317 e. The summed E-state index contributed by atoms with van der Waals surface area (Å²) >= 11 is 0. The van der Waals surface area contributed by atoms with E-state index in [2.05, 4.69) is 27.6 Å². The monoisotopic (exact) mass is 341 g/mol. The fraction of sp³-hybridized carbons (Fsp3) is 0.526. The Kier molecular flexibility index (Phi) is 6.17. The van der Waals surface area contributed by atoms with E-state index < -0.39 is 0 Å². The third kappa shape index (κ3) is 5.39. The molecule has 2 aromatic rings. The van der Waals surface area contributed by atoms with Crippen molar-refractivity contribution in [3.63, 3.8) is 0 Å². The smallest absolute Gasteiger partial charge is 0.225 e. The van der Waals surface area contributed by atoms with Gasteiger partial charge >= 0.3 is 0 Å². The van der Waals surface area contributed by atoms with E-state index in [-0.39, 0.29) is 5.91 Å². The zero-order valence-electron chi connectivity index (χ0n) is 14.8. The van der Waals surface area contributed by atoms with Crippen LogP contribution in [-0.4, -0.2) is 33.8 Å². The summed E-state index contributed by atoms with van der Waals surface area (Å²) in [6, 6.07) is 5.88. The van der Waals surface area contributed by atoms with Crippen molar-refractivity contribution in [2.75, 3.05) is 18.4 Å². The molecule has 134 valence electrons. The van der Waals surface area contributed by atoms with E-state index in [1.807, 2.05) is 29.1 Å². The molecule has 2 N–H and O–H groups in total. The van der Waals surface area contributed by atoms with Gasteiger partial charge in [0.25, 0.3) is 0 Å². The van der Waals surface area contributed by atoms with Crippen LogP contribution in [0.5, 0.6) is 0 Å². The summed E-state index contributed by atoms with van der Waals surface area (Å²) < 4.78 is 1.87. The van der Waals surface area contributed by atoms with E-state index in [0.717, 1.165) is 38.9 Å². The van der Waals surface area contributed by atoms with Gasteiger partial charge in [0.2, 0.25) is 5.91 Å². The third-order valence-corrected chi connectivity index (χ3v) is 4.98. The molecule has 0 spiro atoms. The second-order valence-electron chi connectivity index (χ2n) is 6.89. The van der Waals surface area contributed by atoms with Gasteiger partial charge in [0.1, 0.15) is 0 Å². The molecule has 1 fully saturated rings. The summed E-state index contributed by atoms with van der Waals surface area (Å²) in [5, 5.41) is 10.8. The second kappa shape index (κ2) is 8.76. The zero-order valence-corrected chi connectivity index (χ0v) is 14.8. The van der Waals surface area contributed by atoms with Crippen LogP contribution in [0.3, 0.4) is 0 Å². The van der Waals surface area contributed by atoms with Gasteiger partial charge in [-0.3, -0.25) is 14.5 Å². The molecule has 1 aliphatic heterocycles. The van der Waals surface area contributed by atoms with Crippen molar-refractivity contribution in [1.29, 1.82) is 0 Å². The number of nitrogens with zero attached hydrogens (tertiary/aromatic N) is 3. The van der Waals surface area contributed by atoms with Crippen molar-refractivity contribution >= 4 is 11.7 Å². The van der Waals surface area contributed by atoms with Gasteiger partial charge < -0.3 is 10.6 Å². The average Bonchev–Trinajstić information content (AvgIpc) is 3.08. The van der Waals surface area contributed by atoms with Crippen molar-refractivity contribution in [2.24, 2.45) is 11.8 Å². The van der Waals surface area contributed by atoms with Crippen molar-refractivity contribution < 1.29 is 4.79 Å². The maximum Gasteiger partial charge on any atom is 0.225 e. The Morgan fingerprint density at radius 2 is 2.08 bits per heavy atom. The molecule has 0 radical (unpaired) electrons. The Bertz CT molecular complexity index is 663. The van der Waals surface area contributed by atoms with E-state index >= 15 is 0 Å². The first-order valence-electron chi connectivity index (χ1n) is 9.13. The molecule has 1 unspecified atom stereocenters. The summed E-state index contributed by atoms with van der Waals surface area (Å²) in [6.45, 7) is 5.10. The van der Waals surface area contributed by atoms with Crippen LogP contribution in [0, 0.1) is 11.8 Å². The lowest BCUT2D eigenvalue weighted by atomic mass is 9.84. The number of rotatable bonds is 7. The number of hydrogen-bond donors (Lipinski definition) is 2. The number of amides is 1. The van der Waals surface area contributed by atoms with E-state index in [1.165, 1.54) is 5.56 Å². The van der Waals surface area contributed by atoms with E-state index in [4.69, 9.17) is 0 Å². The quantitative estimate of drug-likeness (QED) is 0.812. The predicted octanol–water partition coefficient (Wildman–Crippen LogP) is 2.49. The minimum atomic E-state index is 0.0606. The minimum absolute atomic E-state index is 0.0606. The van der Waals surface area contributed by atoms with Crippen LogP contribution in [0.15, 0.2) is 36.8 Å². The summed E-state index contributed by atoms with van der Waals surface area (Å²) in [5.74, 6) is 1.75. The summed E-state index contributed by atoms with van der Waals surface area (Å²) in [5.41, 5.74) is 1.23. The number of piperidine rings is 1. The van der Waals surface area contributed by atoms with Crippen LogP contribution in [-0.2, 0) is 17.8 Å². The van der Waals surface area contributed by atoms with Gasteiger partial charge in [-0.15, -0.1) is 0 Å².